The lowest BCUT2D eigenvalue weighted by molar-refractivity contribution is -0.154. The molecule has 1 saturated carbocycles. The van der Waals surface area contributed by atoms with E-state index in [1.807, 2.05) is 42.2 Å². The zero-order valence-corrected chi connectivity index (χ0v) is 25.1. The molecule has 8 nitrogen and oxygen atoms in total. The zero-order valence-electron chi connectivity index (χ0n) is 25.1. The number of fused-ring (bicyclic) bond motifs is 1. The van der Waals surface area contributed by atoms with E-state index in [2.05, 4.69) is 13.2 Å². The highest BCUT2D eigenvalue weighted by molar-refractivity contribution is 6.03. The smallest absolute Gasteiger partial charge is 0.248 e. The van der Waals surface area contributed by atoms with Crippen LogP contribution >= 0.6 is 0 Å². The molecule has 5 atom stereocenters. The summed E-state index contributed by atoms with van der Waals surface area (Å²) < 4.78 is 7.02. The third-order valence-electron chi connectivity index (χ3n) is 10.3. The van der Waals surface area contributed by atoms with Gasteiger partial charge in [-0.15, -0.1) is 13.2 Å². The number of anilines is 1. The van der Waals surface area contributed by atoms with Crippen molar-refractivity contribution in [3.63, 3.8) is 0 Å². The first kappa shape index (κ1) is 30.5. The summed E-state index contributed by atoms with van der Waals surface area (Å²) in [6.07, 6.45) is 11.6. The highest BCUT2D eigenvalue weighted by Gasteiger charge is 2.79. The van der Waals surface area contributed by atoms with Crippen molar-refractivity contribution in [2.75, 3.05) is 31.1 Å². The molecule has 4 aliphatic rings. The Bertz CT molecular complexity index is 1170. The van der Waals surface area contributed by atoms with Crippen LogP contribution in [0.25, 0.3) is 0 Å². The number of benzene rings is 1. The van der Waals surface area contributed by atoms with Crippen molar-refractivity contribution in [1.82, 2.24) is 9.80 Å². The number of carbonyl (C=O) groups is 3. The summed E-state index contributed by atoms with van der Waals surface area (Å²) in [5.41, 5.74) is -1.12. The molecule has 4 fully saturated rings. The molecule has 1 spiro atoms. The number of hydrogen-bond donors (Lipinski definition) is 1. The highest BCUT2D eigenvalue weighted by Crippen LogP contribution is 2.64. The number of ether oxygens (including phenoxy) is 1. The summed E-state index contributed by atoms with van der Waals surface area (Å²) in [6.45, 7) is 11.0. The minimum atomic E-state index is -1.06. The molecule has 0 radical (unpaired) electrons. The van der Waals surface area contributed by atoms with Crippen LogP contribution in [0.1, 0.15) is 71.1 Å². The summed E-state index contributed by atoms with van der Waals surface area (Å²) in [4.78, 5) is 49.2. The number of carbonyl (C=O) groups excluding carboxylic acids is 3. The van der Waals surface area contributed by atoms with Crippen LogP contribution in [0, 0.1) is 11.8 Å². The van der Waals surface area contributed by atoms with E-state index in [-0.39, 0.29) is 30.4 Å². The average Bonchev–Trinajstić information content (AvgIpc) is 3.62. The van der Waals surface area contributed by atoms with Crippen molar-refractivity contribution in [2.24, 2.45) is 11.8 Å². The molecule has 3 heterocycles. The van der Waals surface area contributed by atoms with Gasteiger partial charge in [-0.1, -0.05) is 56.5 Å². The molecule has 2 bridgehead atoms. The Morgan fingerprint density at radius 3 is 2.40 bits per heavy atom. The van der Waals surface area contributed by atoms with Gasteiger partial charge >= 0.3 is 0 Å². The van der Waals surface area contributed by atoms with Crippen molar-refractivity contribution < 1.29 is 24.2 Å². The van der Waals surface area contributed by atoms with Crippen molar-refractivity contribution in [2.45, 2.75) is 94.4 Å². The molecule has 1 aromatic rings. The third kappa shape index (κ3) is 5.00. The number of aliphatic hydroxyl groups is 1. The van der Waals surface area contributed by atoms with Gasteiger partial charge in [-0.25, -0.2) is 0 Å². The first-order chi connectivity index (χ1) is 20.4. The van der Waals surface area contributed by atoms with Gasteiger partial charge < -0.3 is 24.5 Å². The minimum absolute atomic E-state index is 0.0179. The topological polar surface area (TPSA) is 90.4 Å². The van der Waals surface area contributed by atoms with Gasteiger partial charge in [0, 0.05) is 38.0 Å². The van der Waals surface area contributed by atoms with E-state index in [4.69, 9.17) is 4.74 Å². The lowest BCUT2D eigenvalue weighted by Gasteiger charge is -2.41. The van der Waals surface area contributed by atoms with Crippen LogP contribution < -0.4 is 4.90 Å². The Morgan fingerprint density at radius 1 is 1.05 bits per heavy atom. The number of aliphatic hydroxyl groups excluding tert-OH is 1. The SMILES string of the molecule is C=CCN(C(=O)[C@H]1[C@H]2C(=O)N(CCCCO)C(C(=O)N(CC=C)C3CCCCC3)C23CC[C@]1(CC)O3)c1ccccc1. The molecule has 42 heavy (non-hydrogen) atoms. The normalized spacial score (nSPS) is 30.3. The fraction of sp³-hybridized carbons (Fsp3) is 0.618. The second kappa shape index (κ2) is 12.7. The van der Waals surface area contributed by atoms with E-state index in [0.717, 1.165) is 31.4 Å². The van der Waals surface area contributed by atoms with Gasteiger partial charge in [-0.05, 0) is 57.1 Å². The lowest BCUT2D eigenvalue weighted by Crippen LogP contribution is -2.58. The van der Waals surface area contributed by atoms with E-state index in [9.17, 15) is 19.5 Å². The summed E-state index contributed by atoms with van der Waals surface area (Å²) in [5.74, 6) is -1.86. The van der Waals surface area contributed by atoms with Crippen LogP contribution in [0.2, 0.25) is 0 Å². The summed E-state index contributed by atoms with van der Waals surface area (Å²) in [6, 6.07) is 8.79. The second-order valence-corrected chi connectivity index (χ2v) is 12.4. The van der Waals surface area contributed by atoms with Gasteiger partial charge in [0.2, 0.25) is 17.7 Å². The first-order valence-electron chi connectivity index (χ1n) is 15.9. The van der Waals surface area contributed by atoms with Gasteiger partial charge in [-0.2, -0.15) is 0 Å². The van der Waals surface area contributed by atoms with E-state index in [1.54, 1.807) is 22.0 Å². The maximum absolute atomic E-state index is 14.7. The molecule has 1 aromatic carbocycles. The summed E-state index contributed by atoms with van der Waals surface area (Å²) >= 11 is 0. The standard InChI is InChI=1S/C34H47N3O5/c1-4-21-35(25-15-9-7-10-16-25)30(39)27-28-31(40)37(23-13-14-24-38)29(34(28)20-19-33(27,6-3)42-34)32(41)36(22-5-2)26-17-11-8-12-18-26/h4-5,7,9-10,15-16,26-29,38H,1-2,6,8,11-14,17-24H2,3H3/t27-,28+,29?,33+,34?/m1/s1. The van der Waals surface area contributed by atoms with Crippen LogP contribution in [0.3, 0.4) is 0 Å². The number of unbranched alkanes of at least 4 members (excludes halogenated alkanes) is 1. The van der Waals surface area contributed by atoms with E-state index in [0.29, 0.717) is 51.7 Å². The minimum Gasteiger partial charge on any atom is -0.396 e. The van der Waals surface area contributed by atoms with E-state index >= 15 is 0 Å². The molecule has 3 aliphatic heterocycles. The number of hydrogen-bond acceptors (Lipinski definition) is 5. The Labute approximate surface area is 250 Å². The number of para-hydroxylation sites is 1. The lowest BCUT2D eigenvalue weighted by atomic mass is 9.64. The maximum Gasteiger partial charge on any atom is 0.248 e. The predicted octanol–water partition coefficient (Wildman–Crippen LogP) is 4.48. The first-order valence-corrected chi connectivity index (χ1v) is 15.9. The number of rotatable bonds is 13. The van der Waals surface area contributed by atoms with Gasteiger partial charge in [0.1, 0.15) is 11.6 Å². The van der Waals surface area contributed by atoms with Crippen LogP contribution in [0.4, 0.5) is 5.69 Å². The second-order valence-electron chi connectivity index (χ2n) is 12.4. The Kier molecular flexibility index (Phi) is 9.23. The zero-order chi connectivity index (χ0) is 29.9. The van der Waals surface area contributed by atoms with E-state index < -0.39 is 29.1 Å². The van der Waals surface area contributed by atoms with Crippen LogP contribution in [-0.2, 0) is 19.1 Å². The average molecular weight is 578 g/mol. The van der Waals surface area contributed by atoms with Crippen LogP contribution in [0.15, 0.2) is 55.6 Å². The molecule has 5 rings (SSSR count). The van der Waals surface area contributed by atoms with Gasteiger partial charge in [-0.3, -0.25) is 14.4 Å². The van der Waals surface area contributed by atoms with Crippen molar-refractivity contribution >= 4 is 23.4 Å². The van der Waals surface area contributed by atoms with Gasteiger partial charge in [0.05, 0.1) is 17.4 Å². The molecule has 3 saturated heterocycles. The number of amides is 3. The molecule has 228 valence electrons. The largest absolute Gasteiger partial charge is 0.396 e. The monoisotopic (exact) mass is 577 g/mol. The highest BCUT2D eigenvalue weighted by atomic mass is 16.5. The molecule has 2 unspecified atom stereocenters. The molecule has 1 N–H and O–H groups in total. The third-order valence-corrected chi connectivity index (χ3v) is 10.3. The quantitative estimate of drug-likeness (QED) is 0.276. The van der Waals surface area contributed by atoms with Crippen molar-refractivity contribution in [3.8, 4) is 0 Å². The fourth-order valence-electron chi connectivity index (χ4n) is 8.34. The van der Waals surface area contributed by atoms with Crippen LogP contribution in [0.5, 0.6) is 0 Å². The van der Waals surface area contributed by atoms with Crippen LogP contribution in [-0.4, -0.2) is 82.2 Å². The molecule has 0 aromatic heterocycles. The molecule has 1 aliphatic carbocycles. The van der Waals surface area contributed by atoms with Crippen molar-refractivity contribution in [3.05, 3.63) is 55.6 Å². The Balaban J connectivity index is 1.57. The molecule has 8 heteroatoms. The molecule has 3 amide bonds. The molecular weight excluding hydrogens is 530 g/mol. The fourth-order valence-corrected chi connectivity index (χ4v) is 8.34. The number of nitrogens with zero attached hydrogens (tertiary/aromatic N) is 3. The van der Waals surface area contributed by atoms with Gasteiger partial charge in [0.25, 0.3) is 0 Å². The molecular formula is C34H47N3O5. The summed E-state index contributed by atoms with van der Waals surface area (Å²) in [5, 5.41) is 9.50. The van der Waals surface area contributed by atoms with Crippen molar-refractivity contribution in [1.29, 1.82) is 0 Å². The van der Waals surface area contributed by atoms with Gasteiger partial charge in [0.15, 0.2) is 0 Å². The number of likely N-dealkylation sites (tertiary alicyclic amines) is 1. The maximum atomic E-state index is 14.7. The van der Waals surface area contributed by atoms with E-state index in [1.165, 1.54) is 6.42 Å². The Hall–Kier alpha value is -2.97. The summed E-state index contributed by atoms with van der Waals surface area (Å²) in [7, 11) is 0. The Morgan fingerprint density at radius 2 is 1.76 bits per heavy atom. The predicted molar refractivity (Wildman–Crippen MR) is 163 cm³/mol.